The highest BCUT2D eigenvalue weighted by molar-refractivity contribution is 7.22. The highest BCUT2D eigenvalue weighted by Gasteiger charge is 2.66. The highest BCUT2D eigenvalue weighted by Crippen LogP contribution is 2.55. The smallest absolute Gasteiger partial charge is 0.297 e. The molecular weight excluding hydrogens is 581 g/mol. The van der Waals surface area contributed by atoms with Crippen LogP contribution >= 0.6 is 11.3 Å². The van der Waals surface area contributed by atoms with Crippen molar-refractivity contribution in [3.63, 3.8) is 0 Å². The second-order valence-electron chi connectivity index (χ2n) is 10.9. The fraction of sp³-hybridized carbons (Fsp3) is 0.118. The number of aromatic nitrogens is 1. The van der Waals surface area contributed by atoms with Crippen molar-refractivity contribution in [3.8, 4) is 5.75 Å². The van der Waals surface area contributed by atoms with Crippen LogP contribution in [0.4, 0.5) is 15.2 Å². The summed E-state index contributed by atoms with van der Waals surface area (Å²) in [5, 5.41) is 0.147. The first-order valence-electron chi connectivity index (χ1n) is 13.8. The summed E-state index contributed by atoms with van der Waals surface area (Å²) < 4.78 is 26.6. The lowest BCUT2D eigenvalue weighted by Gasteiger charge is -2.32. The summed E-state index contributed by atoms with van der Waals surface area (Å²) >= 11 is 1.20. The van der Waals surface area contributed by atoms with Gasteiger partial charge in [0, 0.05) is 5.56 Å². The summed E-state index contributed by atoms with van der Waals surface area (Å²) in [6.07, 6.45) is 0. The number of thiazole rings is 1. The predicted molar refractivity (Wildman–Crippen MR) is 165 cm³/mol. The lowest BCUT2D eigenvalue weighted by atomic mass is 9.84. The van der Waals surface area contributed by atoms with E-state index in [0.29, 0.717) is 22.5 Å². The third-order valence-electron chi connectivity index (χ3n) is 8.28. The summed E-state index contributed by atoms with van der Waals surface area (Å²) in [5.41, 5.74) is 0.778. The third-order valence-corrected chi connectivity index (χ3v) is 9.29. The van der Waals surface area contributed by atoms with Crippen LogP contribution in [-0.2, 0) is 16.9 Å². The molecular formula is C34H22FN3O5S. The SMILES string of the molecule is COc1ccc2nc(N3C(=O)c4oc5ccc(F)cc5c(=O)c4C34C(=O)N(Cc3cccc(C)c3)c3ccccc34)sc2c1. The molecule has 8 nitrogen and oxygen atoms in total. The molecule has 0 radical (unpaired) electrons. The maximum Gasteiger partial charge on any atom is 0.297 e. The van der Waals surface area contributed by atoms with Crippen LogP contribution in [0, 0.1) is 12.7 Å². The van der Waals surface area contributed by atoms with E-state index >= 15 is 4.79 Å². The van der Waals surface area contributed by atoms with E-state index in [-0.39, 0.29) is 34.0 Å². The zero-order valence-corrected chi connectivity index (χ0v) is 24.3. The number of ether oxygens (including phenoxy) is 1. The van der Waals surface area contributed by atoms with Gasteiger partial charge in [0.15, 0.2) is 16.1 Å². The number of hydrogen-bond acceptors (Lipinski definition) is 7. The van der Waals surface area contributed by atoms with Crippen LogP contribution in [0.15, 0.2) is 94.1 Å². The molecule has 6 aromatic rings. The van der Waals surface area contributed by atoms with Gasteiger partial charge in [0.25, 0.3) is 11.8 Å². The Morgan fingerprint density at radius 3 is 2.64 bits per heavy atom. The minimum absolute atomic E-state index is 0.0462. The molecule has 8 rings (SSSR count). The van der Waals surface area contributed by atoms with Gasteiger partial charge in [-0.2, -0.15) is 0 Å². The van der Waals surface area contributed by atoms with Crippen LogP contribution in [0.25, 0.3) is 21.2 Å². The average Bonchev–Trinajstić information content (AvgIpc) is 3.63. The number of carbonyl (C=O) groups is 2. The molecule has 1 atom stereocenters. The van der Waals surface area contributed by atoms with E-state index in [0.717, 1.165) is 28.0 Å². The zero-order valence-electron chi connectivity index (χ0n) is 23.5. The maximum absolute atomic E-state index is 15.1. The molecule has 4 aromatic carbocycles. The zero-order chi connectivity index (χ0) is 30.3. The van der Waals surface area contributed by atoms with Crippen molar-refractivity contribution in [2.45, 2.75) is 19.0 Å². The van der Waals surface area contributed by atoms with Crippen LogP contribution in [0.2, 0.25) is 0 Å². The van der Waals surface area contributed by atoms with Crippen molar-refractivity contribution >= 4 is 55.2 Å². The van der Waals surface area contributed by atoms with Crippen molar-refractivity contribution in [1.82, 2.24) is 4.98 Å². The fourth-order valence-electron chi connectivity index (χ4n) is 6.40. The molecule has 0 saturated carbocycles. The first kappa shape index (κ1) is 26.3. The Kier molecular flexibility index (Phi) is 5.57. The number of para-hydroxylation sites is 1. The van der Waals surface area contributed by atoms with Gasteiger partial charge in [-0.15, -0.1) is 0 Å². The Hall–Kier alpha value is -5.35. The first-order chi connectivity index (χ1) is 21.3. The molecule has 1 spiro atoms. The first-order valence-corrected chi connectivity index (χ1v) is 14.7. The van der Waals surface area contributed by atoms with E-state index < -0.39 is 28.6 Å². The van der Waals surface area contributed by atoms with Gasteiger partial charge < -0.3 is 14.1 Å². The number of fused-ring (bicyclic) bond motifs is 6. The highest BCUT2D eigenvalue weighted by atomic mass is 32.1. The number of anilines is 2. The Morgan fingerprint density at radius 1 is 0.977 bits per heavy atom. The number of methoxy groups -OCH3 is 1. The van der Waals surface area contributed by atoms with Gasteiger partial charge in [0.1, 0.15) is 17.1 Å². The summed E-state index contributed by atoms with van der Waals surface area (Å²) in [6, 6.07) is 23.8. The lowest BCUT2D eigenvalue weighted by molar-refractivity contribution is -0.121. The molecule has 2 amide bonds. The number of nitrogens with zero attached hydrogens (tertiary/aromatic N) is 3. The van der Waals surface area contributed by atoms with E-state index in [4.69, 9.17) is 14.1 Å². The minimum Gasteiger partial charge on any atom is -0.497 e. The Morgan fingerprint density at radius 2 is 1.82 bits per heavy atom. The Balaban J connectivity index is 1.44. The van der Waals surface area contributed by atoms with Gasteiger partial charge in [-0.05, 0) is 55.0 Å². The molecule has 44 heavy (non-hydrogen) atoms. The van der Waals surface area contributed by atoms with Gasteiger partial charge in [0.2, 0.25) is 5.76 Å². The number of hydrogen-bond donors (Lipinski definition) is 0. The van der Waals surface area contributed by atoms with Gasteiger partial charge in [-0.25, -0.2) is 9.37 Å². The second-order valence-corrected chi connectivity index (χ2v) is 11.9. The standard InChI is InChI=1S/C34H22FN3O5S/c1-18-6-5-7-19(14-18)17-37-25-9-4-3-8-23(25)34(32(37)41)28-29(39)22-15-20(35)10-13-26(22)43-30(28)31(40)38(34)33-36-24-12-11-21(42-2)16-27(24)44-33/h3-16H,17H2,1-2H3. The van der Waals surface area contributed by atoms with Crippen LogP contribution in [0.1, 0.15) is 32.8 Å². The summed E-state index contributed by atoms with van der Waals surface area (Å²) in [4.78, 5) is 51.5. The van der Waals surface area contributed by atoms with Gasteiger partial charge in [-0.3, -0.25) is 19.3 Å². The van der Waals surface area contributed by atoms with Crippen LogP contribution in [-0.4, -0.2) is 23.9 Å². The predicted octanol–water partition coefficient (Wildman–Crippen LogP) is 6.31. The maximum atomic E-state index is 15.1. The van der Waals surface area contributed by atoms with Crippen LogP contribution < -0.4 is 20.0 Å². The number of aryl methyl sites for hydroxylation is 1. The van der Waals surface area contributed by atoms with Crippen molar-refractivity contribution in [1.29, 1.82) is 0 Å². The van der Waals surface area contributed by atoms with Crippen molar-refractivity contribution in [3.05, 3.63) is 129 Å². The van der Waals surface area contributed by atoms with E-state index in [1.807, 2.05) is 31.2 Å². The van der Waals surface area contributed by atoms with E-state index in [1.54, 1.807) is 54.5 Å². The molecule has 0 aliphatic carbocycles. The number of carbonyl (C=O) groups excluding carboxylic acids is 2. The van der Waals surface area contributed by atoms with E-state index in [9.17, 15) is 14.0 Å². The molecule has 0 fully saturated rings. The van der Waals surface area contributed by atoms with Crippen molar-refractivity contribution in [2.75, 3.05) is 16.9 Å². The largest absolute Gasteiger partial charge is 0.497 e. The quantitative estimate of drug-likeness (QED) is 0.235. The number of rotatable bonds is 4. The molecule has 10 heteroatoms. The summed E-state index contributed by atoms with van der Waals surface area (Å²) in [7, 11) is 1.56. The summed E-state index contributed by atoms with van der Waals surface area (Å²) in [5.74, 6) is -1.50. The van der Waals surface area contributed by atoms with Gasteiger partial charge in [-0.1, -0.05) is 59.4 Å². The average molecular weight is 604 g/mol. The second kappa shape index (κ2) is 9.32. The number of halogens is 1. The van der Waals surface area contributed by atoms with Crippen LogP contribution in [0.5, 0.6) is 5.75 Å². The van der Waals surface area contributed by atoms with Gasteiger partial charge >= 0.3 is 0 Å². The van der Waals surface area contributed by atoms with E-state index in [1.165, 1.54) is 22.3 Å². The molecule has 2 aliphatic rings. The Bertz CT molecular complexity index is 2280. The molecule has 2 aromatic heterocycles. The van der Waals surface area contributed by atoms with Gasteiger partial charge in [0.05, 0.1) is 40.5 Å². The molecule has 4 heterocycles. The molecule has 0 saturated heterocycles. The Labute approximate surface area is 253 Å². The molecule has 1 unspecified atom stereocenters. The number of benzene rings is 4. The van der Waals surface area contributed by atoms with Crippen molar-refractivity contribution < 1.29 is 23.1 Å². The van der Waals surface area contributed by atoms with Crippen molar-refractivity contribution in [2.24, 2.45) is 0 Å². The number of amides is 2. The molecule has 0 N–H and O–H groups in total. The molecule has 2 aliphatic heterocycles. The fourth-order valence-corrected chi connectivity index (χ4v) is 7.45. The molecule has 216 valence electrons. The lowest BCUT2D eigenvalue weighted by Crippen LogP contribution is -2.53. The normalized spacial score (nSPS) is 17.2. The monoisotopic (exact) mass is 603 g/mol. The van der Waals surface area contributed by atoms with Crippen LogP contribution in [0.3, 0.4) is 0 Å². The third kappa shape index (κ3) is 3.48. The molecule has 0 bridgehead atoms. The summed E-state index contributed by atoms with van der Waals surface area (Å²) in [6.45, 7) is 2.16. The van der Waals surface area contributed by atoms with E-state index in [2.05, 4.69) is 0 Å². The topological polar surface area (TPSA) is 93.0 Å². The minimum atomic E-state index is -1.94.